The highest BCUT2D eigenvalue weighted by atomic mass is 16.5. The van der Waals surface area contributed by atoms with Gasteiger partial charge in [-0.05, 0) is 60.9 Å². The highest BCUT2D eigenvalue weighted by Gasteiger charge is 2.37. The lowest BCUT2D eigenvalue weighted by Gasteiger charge is -2.34. The van der Waals surface area contributed by atoms with E-state index >= 15 is 0 Å². The summed E-state index contributed by atoms with van der Waals surface area (Å²) >= 11 is 0. The second kappa shape index (κ2) is 4.39. The molecule has 1 fully saturated rings. The number of nitrogens with one attached hydrogen (secondary N) is 1. The highest BCUT2D eigenvalue weighted by Crippen LogP contribution is 2.40. The molecule has 1 atom stereocenters. The molecule has 1 aliphatic heterocycles. The van der Waals surface area contributed by atoms with E-state index in [1.165, 1.54) is 31.1 Å². The van der Waals surface area contributed by atoms with Gasteiger partial charge >= 0.3 is 5.97 Å². The van der Waals surface area contributed by atoms with Gasteiger partial charge in [-0.3, -0.25) is 0 Å². The van der Waals surface area contributed by atoms with E-state index in [0.29, 0.717) is 11.0 Å². The van der Waals surface area contributed by atoms with Crippen LogP contribution in [0.3, 0.4) is 0 Å². The Bertz CT molecular complexity index is 475. The van der Waals surface area contributed by atoms with E-state index in [1.54, 1.807) is 0 Å². The Morgan fingerprint density at radius 2 is 2.22 bits per heavy atom. The number of hydrogen-bond acceptors (Lipinski definition) is 3. The maximum atomic E-state index is 11.6. The Kier molecular flexibility index (Phi) is 2.86. The van der Waals surface area contributed by atoms with Gasteiger partial charge in [0.2, 0.25) is 0 Å². The Labute approximate surface area is 108 Å². The quantitative estimate of drug-likeness (QED) is 0.768. The van der Waals surface area contributed by atoms with Crippen LogP contribution in [-0.4, -0.2) is 26.2 Å². The second-order valence-corrected chi connectivity index (χ2v) is 5.58. The molecule has 1 aromatic rings. The topological polar surface area (TPSA) is 38.3 Å². The molecule has 1 heterocycles. The number of esters is 1. The van der Waals surface area contributed by atoms with Gasteiger partial charge in [0.25, 0.3) is 0 Å². The van der Waals surface area contributed by atoms with Gasteiger partial charge in [0.15, 0.2) is 0 Å². The van der Waals surface area contributed by atoms with Crippen LogP contribution in [0.25, 0.3) is 0 Å². The number of aryl methyl sites for hydroxylation is 1. The van der Waals surface area contributed by atoms with Crippen molar-refractivity contribution in [3.8, 4) is 0 Å². The number of benzene rings is 1. The number of rotatable bonds is 1. The first-order chi connectivity index (χ1) is 8.72. The van der Waals surface area contributed by atoms with E-state index in [-0.39, 0.29) is 5.97 Å². The SMILES string of the molecule is COC(=O)c1ccc2c(c1)CC1(CCNC1)CC2. The van der Waals surface area contributed by atoms with Gasteiger partial charge in [-0.2, -0.15) is 0 Å². The normalized spacial score (nSPS) is 26.1. The lowest BCUT2D eigenvalue weighted by molar-refractivity contribution is 0.0600. The molecule has 3 heteroatoms. The molecule has 1 saturated heterocycles. The summed E-state index contributed by atoms with van der Waals surface area (Å²) < 4.78 is 4.79. The summed E-state index contributed by atoms with van der Waals surface area (Å²) in [6.07, 6.45) is 4.76. The zero-order valence-corrected chi connectivity index (χ0v) is 10.8. The molecule has 0 aromatic heterocycles. The molecule has 1 N–H and O–H groups in total. The van der Waals surface area contributed by atoms with Gasteiger partial charge in [0.1, 0.15) is 0 Å². The van der Waals surface area contributed by atoms with Crippen molar-refractivity contribution < 1.29 is 9.53 Å². The molecule has 1 aliphatic carbocycles. The van der Waals surface area contributed by atoms with Crippen molar-refractivity contribution in [1.82, 2.24) is 5.32 Å². The summed E-state index contributed by atoms with van der Waals surface area (Å²) in [6.45, 7) is 2.25. The number of fused-ring (bicyclic) bond motifs is 1. The van der Waals surface area contributed by atoms with Crippen LogP contribution in [0.4, 0.5) is 0 Å². The van der Waals surface area contributed by atoms with Crippen molar-refractivity contribution in [3.63, 3.8) is 0 Å². The fourth-order valence-electron chi connectivity index (χ4n) is 3.33. The third-order valence-corrected chi connectivity index (χ3v) is 4.45. The molecule has 3 rings (SSSR count). The van der Waals surface area contributed by atoms with Crippen LogP contribution in [0.15, 0.2) is 18.2 Å². The maximum absolute atomic E-state index is 11.6. The average Bonchev–Trinajstić information content (AvgIpc) is 2.85. The Morgan fingerprint density at radius 1 is 1.33 bits per heavy atom. The second-order valence-electron chi connectivity index (χ2n) is 5.58. The first-order valence-electron chi connectivity index (χ1n) is 6.63. The standard InChI is InChI=1S/C15H19NO2/c1-18-14(17)12-3-2-11-4-5-15(6-7-16-10-15)9-13(11)8-12/h2-3,8,16H,4-7,9-10H2,1H3. The third kappa shape index (κ3) is 1.93. The molecule has 2 aliphatic rings. The fourth-order valence-corrected chi connectivity index (χ4v) is 3.33. The van der Waals surface area contributed by atoms with Crippen LogP contribution in [0.5, 0.6) is 0 Å². The Hall–Kier alpha value is -1.35. The van der Waals surface area contributed by atoms with E-state index in [2.05, 4.69) is 11.4 Å². The van der Waals surface area contributed by atoms with Crippen molar-refractivity contribution >= 4 is 5.97 Å². The third-order valence-electron chi connectivity index (χ3n) is 4.45. The van der Waals surface area contributed by atoms with Gasteiger partial charge in [-0.15, -0.1) is 0 Å². The predicted molar refractivity (Wildman–Crippen MR) is 69.7 cm³/mol. The van der Waals surface area contributed by atoms with Gasteiger partial charge in [0.05, 0.1) is 12.7 Å². The molecule has 0 amide bonds. The van der Waals surface area contributed by atoms with Gasteiger partial charge in [-0.25, -0.2) is 4.79 Å². The molecular formula is C15H19NO2. The molecule has 1 aromatic carbocycles. The number of carbonyl (C=O) groups excluding carboxylic acids is 1. The highest BCUT2D eigenvalue weighted by molar-refractivity contribution is 5.89. The molecule has 18 heavy (non-hydrogen) atoms. The van der Waals surface area contributed by atoms with E-state index in [4.69, 9.17) is 4.74 Å². The van der Waals surface area contributed by atoms with Gasteiger partial charge in [0, 0.05) is 6.54 Å². The van der Waals surface area contributed by atoms with Crippen LogP contribution < -0.4 is 5.32 Å². The van der Waals surface area contributed by atoms with Crippen molar-refractivity contribution in [3.05, 3.63) is 34.9 Å². The molecule has 96 valence electrons. The summed E-state index contributed by atoms with van der Waals surface area (Å²) in [5, 5.41) is 3.47. The number of hydrogen-bond donors (Lipinski definition) is 1. The summed E-state index contributed by atoms with van der Waals surface area (Å²) in [5.74, 6) is -0.234. The summed E-state index contributed by atoms with van der Waals surface area (Å²) in [5.41, 5.74) is 3.86. The molecular weight excluding hydrogens is 226 g/mol. The lowest BCUT2D eigenvalue weighted by atomic mass is 9.71. The van der Waals surface area contributed by atoms with Crippen LogP contribution in [0.1, 0.15) is 34.3 Å². The number of carbonyl (C=O) groups is 1. The summed E-state index contributed by atoms with van der Waals surface area (Å²) in [6, 6.07) is 6.01. The van der Waals surface area contributed by atoms with Crippen molar-refractivity contribution in [2.45, 2.75) is 25.7 Å². The molecule has 0 saturated carbocycles. The first kappa shape index (κ1) is 11.7. The smallest absolute Gasteiger partial charge is 0.337 e. The van der Waals surface area contributed by atoms with Crippen molar-refractivity contribution in [1.29, 1.82) is 0 Å². The minimum absolute atomic E-state index is 0.234. The Morgan fingerprint density at radius 3 is 2.94 bits per heavy atom. The Balaban J connectivity index is 1.91. The number of methoxy groups -OCH3 is 1. The van der Waals surface area contributed by atoms with Crippen molar-refractivity contribution in [2.24, 2.45) is 5.41 Å². The minimum Gasteiger partial charge on any atom is -0.465 e. The van der Waals surface area contributed by atoms with E-state index in [1.807, 2.05) is 12.1 Å². The van der Waals surface area contributed by atoms with Crippen LogP contribution in [0, 0.1) is 5.41 Å². The van der Waals surface area contributed by atoms with Crippen molar-refractivity contribution in [2.75, 3.05) is 20.2 Å². The molecule has 0 bridgehead atoms. The van der Waals surface area contributed by atoms with Crippen LogP contribution in [0.2, 0.25) is 0 Å². The maximum Gasteiger partial charge on any atom is 0.337 e. The van der Waals surface area contributed by atoms with E-state index < -0.39 is 0 Å². The lowest BCUT2D eigenvalue weighted by Crippen LogP contribution is -2.31. The van der Waals surface area contributed by atoms with Crippen LogP contribution in [-0.2, 0) is 17.6 Å². The van der Waals surface area contributed by atoms with E-state index in [0.717, 1.165) is 25.9 Å². The van der Waals surface area contributed by atoms with Gasteiger partial charge in [-0.1, -0.05) is 6.07 Å². The summed E-state index contributed by atoms with van der Waals surface area (Å²) in [7, 11) is 1.43. The first-order valence-corrected chi connectivity index (χ1v) is 6.63. The molecule has 1 unspecified atom stereocenters. The number of ether oxygens (including phenoxy) is 1. The zero-order chi connectivity index (χ0) is 12.6. The minimum atomic E-state index is -0.234. The van der Waals surface area contributed by atoms with Crippen LogP contribution >= 0.6 is 0 Å². The van der Waals surface area contributed by atoms with Gasteiger partial charge < -0.3 is 10.1 Å². The fraction of sp³-hybridized carbons (Fsp3) is 0.533. The summed E-state index contributed by atoms with van der Waals surface area (Å²) in [4.78, 5) is 11.6. The molecule has 1 spiro atoms. The molecule has 3 nitrogen and oxygen atoms in total. The largest absolute Gasteiger partial charge is 0.465 e. The predicted octanol–water partition coefficient (Wildman–Crippen LogP) is 1.94. The zero-order valence-electron chi connectivity index (χ0n) is 10.8. The average molecular weight is 245 g/mol. The monoisotopic (exact) mass is 245 g/mol. The molecule has 0 radical (unpaired) electrons. The van der Waals surface area contributed by atoms with E-state index in [9.17, 15) is 4.79 Å².